The maximum absolute atomic E-state index is 11.2. The van der Waals surface area contributed by atoms with Gasteiger partial charge in [-0.15, -0.1) is 0 Å². The van der Waals surface area contributed by atoms with E-state index < -0.39 is 0 Å². The average molecular weight is 203 g/mol. The molecular weight excluding hydrogens is 190 g/mol. The Labute approximate surface area is 88.9 Å². The minimum absolute atomic E-state index is 0.0212. The molecule has 15 heavy (non-hydrogen) atoms. The molecule has 0 bridgehead atoms. The molecule has 1 rings (SSSR count). The molecule has 2 N–H and O–H groups in total. The number of nitriles is 1. The Morgan fingerprint density at radius 1 is 1.47 bits per heavy atom. The highest BCUT2D eigenvalue weighted by Gasteiger charge is 2.07. The molecule has 0 fully saturated rings. The molecule has 1 aromatic carbocycles. The molecule has 1 unspecified atom stereocenters. The number of carbonyl (C=O) groups excluding carboxylic acids is 1. The van der Waals surface area contributed by atoms with Crippen LogP contribution in [0.1, 0.15) is 18.5 Å². The highest BCUT2D eigenvalue weighted by molar-refractivity contribution is 5.74. The molecule has 1 aromatic rings. The summed E-state index contributed by atoms with van der Waals surface area (Å²) in [7, 11) is 0. The van der Waals surface area contributed by atoms with Gasteiger partial charge < -0.3 is 10.6 Å². The zero-order chi connectivity index (χ0) is 11.1. The van der Waals surface area contributed by atoms with E-state index in [1.54, 1.807) is 0 Å². The molecule has 0 aromatic heterocycles. The number of hydrogen-bond acceptors (Lipinski definition) is 2. The van der Waals surface area contributed by atoms with Crippen LogP contribution in [0.5, 0.6) is 0 Å². The summed E-state index contributed by atoms with van der Waals surface area (Å²) in [6.07, 6.45) is 0. The van der Waals surface area contributed by atoms with Crippen LogP contribution in [0.4, 0.5) is 4.79 Å². The van der Waals surface area contributed by atoms with Crippen molar-refractivity contribution in [3.05, 3.63) is 35.9 Å². The maximum Gasteiger partial charge on any atom is 0.316 e. The normalized spacial score (nSPS) is 11.2. The number of urea groups is 1. The topological polar surface area (TPSA) is 64.9 Å². The minimum Gasteiger partial charge on any atom is -0.332 e. The van der Waals surface area contributed by atoms with Crippen molar-refractivity contribution in [1.82, 2.24) is 10.6 Å². The number of benzene rings is 1. The summed E-state index contributed by atoms with van der Waals surface area (Å²) in [5.74, 6) is 0. The number of hydrogen-bond donors (Lipinski definition) is 2. The van der Waals surface area contributed by atoms with Gasteiger partial charge in [-0.25, -0.2) is 4.79 Å². The minimum atomic E-state index is -0.326. The molecule has 0 aliphatic carbocycles. The molecular formula is C11H13N3O. The molecule has 2 amide bonds. The fourth-order valence-electron chi connectivity index (χ4n) is 1.19. The van der Waals surface area contributed by atoms with Crippen LogP contribution in [0, 0.1) is 11.3 Å². The van der Waals surface area contributed by atoms with Crippen LogP contribution in [0.25, 0.3) is 0 Å². The van der Waals surface area contributed by atoms with Crippen LogP contribution in [0.2, 0.25) is 0 Å². The third kappa shape index (κ3) is 3.69. The Balaban J connectivity index is 2.46. The van der Waals surface area contributed by atoms with Crippen LogP contribution < -0.4 is 10.6 Å². The number of carbonyl (C=O) groups is 1. The number of nitrogens with one attached hydrogen (secondary N) is 2. The lowest BCUT2D eigenvalue weighted by Gasteiger charge is -2.13. The fourth-order valence-corrected chi connectivity index (χ4v) is 1.19. The van der Waals surface area contributed by atoms with Crippen molar-refractivity contribution in [2.75, 3.05) is 6.54 Å². The smallest absolute Gasteiger partial charge is 0.316 e. The molecule has 0 radical (unpaired) electrons. The summed E-state index contributed by atoms with van der Waals surface area (Å²) in [4.78, 5) is 11.2. The van der Waals surface area contributed by atoms with Crippen molar-refractivity contribution in [2.24, 2.45) is 0 Å². The molecule has 0 heterocycles. The van der Waals surface area contributed by atoms with Crippen LogP contribution in [0.15, 0.2) is 30.3 Å². The highest BCUT2D eigenvalue weighted by atomic mass is 16.2. The Kier molecular flexibility index (Phi) is 4.17. The van der Waals surface area contributed by atoms with Gasteiger partial charge >= 0.3 is 6.03 Å². The van der Waals surface area contributed by atoms with Gasteiger partial charge in [-0.05, 0) is 12.5 Å². The lowest BCUT2D eigenvalue weighted by atomic mass is 10.1. The monoisotopic (exact) mass is 203 g/mol. The molecule has 0 saturated carbocycles. The van der Waals surface area contributed by atoms with Crippen molar-refractivity contribution in [1.29, 1.82) is 5.26 Å². The van der Waals surface area contributed by atoms with E-state index in [1.165, 1.54) is 0 Å². The van der Waals surface area contributed by atoms with Crippen molar-refractivity contribution >= 4 is 6.03 Å². The zero-order valence-corrected chi connectivity index (χ0v) is 8.53. The van der Waals surface area contributed by atoms with Gasteiger partial charge in [0.2, 0.25) is 0 Å². The SMILES string of the molecule is CC(NC(=O)NCC#N)c1ccccc1. The largest absolute Gasteiger partial charge is 0.332 e. The second-order valence-corrected chi connectivity index (χ2v) is 3.12. The van der Waals surface area contributed by atoms with Gasteiger partial charge in [-0.1, -0.05) is 30.3 Å². The Morgan fingerprint density at radius 3 is 2.73 bits per heavy atom. The lowest BCUT2D eigenvalue weighted by molar-refractivity contribution is 0.239. The average Bonchev–Trinajstić information content (AvgIpc) is 2.27. The molecule has 4 nitrogen and oxygen atoms in total. The summed E-state index contributed by atoms with van der Waals surface area (Å²) in [6, 6.07) is 11.1. The zero-order valence-electron chi connectivity index (χ0n) is 8.53. The Bertz CT molecular complexity index is 356. The molecule has 0 spiro atoms. The summed E-state index contributed by atoms with van der Waals surface area (Å²) >= 11 is 0. The van der Waals surface area contributed by atoms with Crippen molar-refractivity contribution in [3.63, 3.8) is 0 Å². The molecule has 1 atom stereocenters. The summed E-state index contributed by atoms with van der Waals surface area (Å²) < 4.78 is 0. The molecule has 4 heteroatoms. The predicted octanol–water partition coefficient (Wildman–Crippen LogP) is 1.57. The van der Waals surface area contributed by atoms with Crippen LogP contribution in [-0.2, 0) is 0 Å². The molecule has 78 valence electrons. The van der Waals surface area contributed by atoms with E-state index in [-0.39, 0.29) is 18.6 Å². The Hall–Kier alpha value is -2.02. The van der Waals surface area contributed by atoms with Crippen molar-refractivity contribution < 1.29 is 4.79 Å². The second-order valence-electron chi connectivity index (χ2n) is 3.12. The third-order valence-electron chi connectivity index (χ3n) is 1.98. The van der Waals surface area contributed by atoms with E-state index in [4.69, 9.17) is 5.26 Å². The fraction of sp³-hybridized carbons (Fsp3) is 0.273. The van der Waals surface area contributed by atoms with E-state index in [9.17, 15) is 4.79 Å². The Morgan fingerprint density at radius 2 is 2.13 bits per heavy atom. The first kappa shape index (κ1) is 11.1. The van der Waals surface area contributed by atoms with Gasteiger partial charge in [0.15, 0.2) is 0 Å². The van der Waals surface area contributed by atoms with Crippen LogP contribution in [-0.4, -0.2) is 12.6 Å². The van der Waals surface area contributed by atoms with E-state index >= 15 is 0 Å². The highest BCUT2D eigenvalue weighted by Crippen LogP contribution is 2.10. The predicted molar refractivity (Wildman–Crippen MR) is 57.0 cm³/mol. The van der Waals surface area contributed by atoms with E-state index in [0.29, 0.717) is 0 Å². The van der Waals surface area contributed by atoms with Gasteiger partial charge in [0.1, 0.15) is 6.54 Å². The van der Waals surface area contributed by atoms with Gasteiger partial charge in [0.05, 0.1) is 12.1 Å². The first-order valence-corrected chi connectivity index (χ1v) is 4.70. The van der Waals surface area contributed by atoms with Crippen LogP contribution in [0.3, 0.4) is 0 Å². The van der Waals surface area contributed by atoms with Gasteiger partial charge in [-0.2, -0.15) is 5.26 Å². The van der Waals surface area contributed by atoms with E-state index in [0.717, 1.165) is 5.56 Å². The second kappa shape index (κ2) is 5.66. The summed E-state index contributed by atoms with van der Waals surface area (Å²) in [5, 5.41) is 13.4. The number of amides is 2. The molecule has 0 aliphatic heterocycles. The summed E-state index contributed by atoms with van der Waals surface area (Å²) in [6.45, 7) is 1.91. The number of rotatable bonds is 3. The van der Waals surface area contributed by atoms with Gasteiger partial charge in [-0.3, -0.25) is 0 Å². The number of nitrogens with zero attached hydrogens (tertiary/aromatic N) is 1. The van der Waals surface area contributed by atoms with Crippen molar-refractivity contribution in [3.8, 4) is 6.07 Å². The molecule has 0 aliphatic rings. The van der Waals surface area contributed by atoms with E-state index in [1.807, 2.05) is 43.3 Å². The maximum atomic E-state index is 11.2. The quantitative estimate of drug-likeness (QED) is 0.732. The first-order chi connectivity index (χ1) is 7.24. The lowest BCUT2D eigenvalue weighted by Crippen LogP contribution is -2.37. The van der Waals surface area contributed by atoms with E-state index in [2.05, 4.69) is 10.6 Å². The standard InChI is InChI=1S/C11H13N3O/c1-9(10-5-3-2-4-6-10)14-11(15)13-8-7-12/h2-6,9H,8H2,1H3,(H2,13,14,15). The molecule has 0 saturated heterocycles. The van der Waals surface area contributed by atoms with Crippen molar-refractivity contribution in [2.45, 2.75) is 13.0 Å². The summed E-state index contributed by atoms with van der Waals surface area (Å²) in [5.41, 5.74) is 1.03. The van der Waals surface area contributed by atoms with Gasteiger partial charge in [0.25, 0.3) is 0 Å². The first-order valence-electron chi connectivity index (χ1n) is 4.70. The van der Waals surface area contributed by atoms with Gasteiger partial charge in [0, 0.05) is 0 Å². The van der Waals surface area contributed by atoms with Crippen LogP contribution >= 0.6 is 0 Å². The third-order valence-corrected chi connectivity index (χ3v) is 1.98.